The average Bonchev–Trinajstić information content (AvgIpc) is 2.80. The number of nitrogens with one attached hydrogen (secondary N) is 1. The van der Waals surface area contributed by atoms with E-state index in [9.17, 15) is 14.4 Å². The monoisotopic (exact) mass is 336 g/mol. The topological polar surface area (TPSA) is 73.0 Å². The summed E-state index contributed by atoms with van der Waals surface area (Å²) >= 11 is 0. The number of hydrogen-bond donors (Lipinski definition) is 1. The van der Waals surface area contributed by atoms with E-state index in [2.05, 4.69) is 17.1 Å². The Hall–Kier alpha value is -1.63. The van der Waals surface area contributed by atoms with Crippen molar-refractivity contribution in [2.75, 3.05) is 32.7 Å². The number of carbonyl (C=O) groups excluding carboxylic acids is 3. The van der Waals surface area contributed by atoms with Gasteiger partial charge in [-0.3, -0.25) is 14.5 Å². The second-order valence-electron chi connectivity index (χ2n) is 7.29. The second kappa shape index (κ2) is 6.70. The van der Waals surface area contributed by atoms with Crippen LogP contribution in [0.3, 0.4) is 0 Å². The van der Waals surface area contributed by atoms with Crippen LogP contribution in [0.2, 0.25) is 0 Å². The van der Waals surface area contributed by atoms with Crippen molar-refractivity contribution in [3.8, 4) is 0 Å². The first-order valence-electron chi connectivity index (χ1n) is 9.10. The molecule has 3 fully saturated rings. The van der Waals surface area contributed by atoms with Gasteiger partial charge in [0.25, 0.3) is 5.91 Å². The van der Waals surface area contributed by atoms with Crippen LogP contribution < -0.4 is 5.32 Å². The molecule has 3 heterocycles. The van der Waals surface area contributed by atoms with E-state index < -0.39 is 5.54 Å². The highest BCUT2D eigenvalue weighted by molar-refractivity contribution is 6.07. The largest absolute Gasteiger partial charge is 0.341 e. The van der Waals surface area contributed by atoms with Crippen LogP contribution in [0.4, 0.5) is 4.79 Å². The third-order valence-corrected chi connectivity index (χ3v) is 5.65. The average molecular weight is 336 g/mol. The van der Waals surface area contributed by atoms with Crippen LogP contribution in [0.5, 0.6) is 0 Å². The Bertz CT molecular complexity index is 528. The van der Waals surface area contributed by atoms with Gasteiger partial charge in [0.2, 0.25) is 5.91 Å². The van der Waals surface area contributed by atoms with Crippen molar-refractivity contribution in [3.05, 3.63) is 0 Å². The van der Waals surface area contributed by atoms with Gasteiger partial charge < -0.3 is 15.1 Å². The SMILES string of the molecule is CCCN1CCC2(CC1)NC(=O)N(C1CCCN(C(C)=O)C1)C2=O. The Morgan fingerprint density at radius 2 is 1.96 bits per heavy atom. The number of nitrogens with zero attached hydrogens (tertiary/aromatic N) is 3. The minimum atomic E-state index is -0.722. The number of likely N-dealkylation sites (tertiary alicyclic amines) is 2. The lowest BCUT2D eigenvalue weighted by Gasteiger charge is -2.39. The minimum Gasteiger partial charge on any atom is -0.341 e. The van der Waals surface area contributed by atoms with E-state index >= 15 is 0 Å². The van der Waals surface area contributed by atoms with E-state index in [0.717, 1.165) is 38.9 Å². The van der Waals surface area contributed by atoms with Crippen molar-refractivity contribution >= 4 is 17.8 Å². The number of carbonyl (C=O) groups is 3. The molecule has 0 radical (unpaired) electrons. The van der Waals surface area contributed by atoms with Crippen molar-refractivity contribution in [2.45, 2.75) is 57.5 Å². The van der Waals surface area contributed by atoms with Gasteiger partial charge in [-0.1, -0.05) is 6.92 Å². The van der Waals surface area contributed by atoms with Crippen LogP contribution in [0.25, 0.3) is 0 Å². The van der Waals surface area contributed by atoms with Gasteiger partial charge in [-0.05, 0) is 38.6 Å². The van der Waals surface area contributed by atoms with Crippen molar-refractivity contribution in [3.63, 3.8) is 0 Å². The molecule has 3 aliphatic heterocycles. The van der Waals surface area contributed by atoms with Gasteiger partial charge in [0.15, 0.2) is 0 Å². The summed E-state index contributed by atoms with van der Waals surface area (Å²) in [6, 6.07) is -0.470. The van der Waals surface area contributed by atoms with Crippen molar-refractivity contribution < 1.29 is 14.4 Å². The molecule has 1 spiro atoms. The standard InChI is InChI=1S/C17H28N4O3/c1-3-8-19-10-6-17(7-11-19)15(23)21(16(24)18-17)14-5-4-9-20(12-14)13(2)22/h14H,3-12H2,1-2H3,(H,18,24). The lowest BCUT2D eigenvalue weighted by Crippen LogP contribution is -2.56. The Morgan fingerprint density at radius 1 is 1.25 bits per heavy atom. The molecular formula is C17H28N4O3. The van der Waals surface area contributed by atoms with Crippen LogP contribution in [-0.2, 0) is 9.59 Å². The Balaban J connectivity index is 1.69. The maximum absolute atomic E-state index is 13.1. The van der Waals surface area contributed by atoms with Gasteiger partial charge in [-0.2, -0.15) is 0 Å². The van der Waals surface area contributed by atoms with Crippen LogP contribution >= 0.6 is 0 Å². The van der Waals surface area contributed by atoms with E-state index in [-0.39, 0.29) is 23.9 Å². The molecule has 134 valence electrons. The number of piperidine rings is 2. The molecule has 24 heavy (non-hydrogen) atoms. The van der Waals surface area contributed by atoms with E-state index in [4.69, 9.17) is 0 Å². The van der Waals surface area contributed by atoms with E-state index in [1.807, 2.05) is 0 Å². The molecular weight excluding hydrogens is 308 g/mol. The highest BCUT2D eigenvalue weighted by Gasteiger charge is 2.54. The summed E-state index contributed by atoms with van der Waals surface area (Å²) < 4.78 is 0. The summed E-state index contributed by atoms with van der Waals surface area (Å²) in [5, 5.41) is 2.98. The zero-order valence-corrected chi connectivity index (χ0v) is 14.7. The zero-order chi connectivity index (χ0) is 17.3. The Morgan fingerprint density at radius 3 is 2.58 bits per heavy atom. The molecule has 0 aromatic heterocycles. The Labute approximate surface area is 143 Å². The molecule has 7 nitrogen and oxygen atoms in total. The van der Waals surface area contributed by atoms with E-state index in [1.165, 1.54) is 4.90 Å². The van der Waals surface area contributed by atoms with Gasteiger partial charge >= 0.3 is 6.03 Å². The Kier molecular flexibility index (Phi) is 4.80. The first-order chi connectivity index (χ1) is 11.5. The first kappa shape index (κ1) is 17.2. The fraction of sp³-hybridized carbons (Fsp3) is 0.824. The first-order valence-corrected chi connectivity index (χ1v) is 9.10. The second-order valence-corrected chi connectivity index (χ2v) is 7.29. The van der Waals surface area contributed by atoms with E-state index in [0.29, 0.717) is 25.9 Å². The molecule has 1 atom stereocenters. The lowest BCUT2D eigenvalue weighted by molar-refractivity contribution is -0.138. The third kappa shape index (κ3) is 3.01. The number of rotatable bonds is 3. The summed E-state index contributed by atoms with van der Waals surface area (Å²) in [5.74, 6) is -0.0756. The van der Waals surface area contributed by atoms with Gasteiger partial charge in [0.05, 0.1) is 6.04 Å². The van der Waals surface area contributed by atoms with Crippen molar-refractivity contribution in [2.24, 2.45) is 0 Å². The van der Waals surface area contributed by atoms with Crippen molar-refractivity contribution in [1.29, 1.82) is 0 Å². The number of imide groups is 1. The number of urea groups is 1. The van der Waals surface area contributed by atoms with Gasteiger partial charge in [0.1, 0.15) is 5.54 Å². The minimum absolute atomic E-state index is 0.00865. The fourth-order valence-electron chi connectivity index (χ4n) is 4.24. The fourth-order valence-corrected chi connectivity index (χ4v) is 4.24. The molecule has 1 unspecified atom stereocenters. The molecule has 4 amide bonds. The molecule has 0 aromatic carbocycles. The van der Waals surface area contributed by atoms with Crippen LogP contribution in [0.1, 0.15) is 46.0 Å². The van der Waals surface area contributed by atoms with Crippen molar-refractivity contribution in [1.82, 2.24) is 20.0 Å². The summed E-state index contributed by atoms with van der Waals surface area (Å²) in [4.78, 5) is 42.7. The molecule has 3 aliphatic rings. The van der Waals surface area contributed by atoms with E-state index in [1.54, 1.807) is 11.8 Å². The number of amides is 4. The smallest absolute Gasteiger partial charge is 0.325 e. The summed E-state index contributed by atoms with van der Waals surface area (Å²) in [7, 11) is 0. The van der Waals surface area contributed by atoms with Gasteiger partial charge in [-0.15, -0.1) is 0 Å². The van der Waals surface area contributed by atoms with Crippen LogP contribution in [-0.4, -0.2) is 76.8 Å². The quantitative estimate of drug-likeness (QED) is 0.774. The molecule has 0 bridgehead atoms. The normalized spacial score (nSPS) is 27.7. The summed E-state index contributed by atoms with van der Waals surface area (Å²) in [6.45, 7) is 7.60. The van der Waals surface area contributed by atoms with Gasteiger partial charge in [-0.25, -0.2) is 4.79 Å². The molecule has 3 rings (SSSR count). The molecule has 7 heteroatoms. The number of hydrogen-bond acceptors (Lipinski definition) is 4. The van der Waals surface area contributed by atoms with Gasteiger partial charge in [0, 0.05) is 33.1 Å². The molecule has 3 saturated heterocycles. The molecule has 0 saturated carbocycles. The van der Waals surface area contributed by atoms with Crippen LogP contribution in [0, 0.1) is 0 Å². The zero-order valence-electron chi connectivity index (χ0n) is 14.7. The highest BCUT2D eigenvalue weighted by Crippen LogP contribution is 2.32. The maximum atomic E-state index is 13.1. The predicted molar refractivity (Wildman–Crippen MR) is 89.3 cm³/mol. The third-order valence-electron chi connectivity index (χ3n) is 5.65. The molecule has 0 aromatic rings. The maximum Gasteiger partial charge on any atom is 0.325 e. The summed E-state index contributed by atoms with van der Waals surface area (Å²) in [5.41, 5.74) is -0.722. The lowest BCUT2D eigenvalue weighted by atomic mass is 9.87. The highest BCUT2D eigenvalue weighted by atomic mass is 16.2. The molecule has 1 N–H and O–H groups in total. The summed E-state index contributed by atoms with van der Waals surface area (Å²) in [6.07, 6.45) is 4.07. The van der Waals surface area contributed by atoms with Crippen LogP contribution in [0.15, 0.2) is 0 Å². The molecule has 0 aliphatic carbocycles. The predicted octanol–water partition coefficient (Wildman–Crippen LogP) is 0.794.